The molecule has 1 aromatic carbocycles. The third-order valence-corrected chi connectivity index (χ3v) is 2.89. The monoisotopic (exact) mass is 250 g/mol. The van der Waals surface area contributed by atoms with E-state index in [0.29, 0.717) is 13.2 Å². The summed E-state index contributed by atoms with van der Waals surface area (Å²) in [6, 6.07) is 6.14. The van der Waals surface area contributed by atoms with E-state index in [1.807, 2.05) is 6.07 Å². The number of fused-ring (bicyclic) bond motifs is 1. The minimum atomic E-state index is 0.646. The minimum absolute atomic E-state index is 0.646. The Morgan fingerprint density at radius 3 is 2.72 bits per heavy atom. The number of nitrogens with zero attached hydrogens (tertiary/aromatic N) is 1. The van der Waals surface area contributed by atoms with E-state index in [1.54, 1.807) is 0 Å². The molecule has 0 unspecified atom stereocenters. The van der Waals surface area contributed by atoms with Crippen molar-refractivity contribution in [3.8, 4) is 11.5 Å². The van der Waals surface area contributed by atoms with Crippen molar-refractivity contribution in [3.05, 3.63) is 23.8 Å². The Morgan fingerprint density at radius 2 is 1.94 bits per heavy atom. The van der Waals surface area contributed by atoms with Crippen LogP contribution in [0.2, 0.25) is 0 Å². The molecule has 0 amide bonds. The number of hydrogen-bond acceptors (Lipinski definition) is 4. The van der Waals surface area contributed by atoms with Crippen molar-refractivity contribution >= 4 is 0 Å². The quantitative estimate of drug-likeness (QED) is 0.776. The van der Waals surface area contributed by atoms with Gasteiger partial charge in [-0.25, -0.2) is 0 Å². The zero-order chi connectivity index (χ0) is 12.8. The molecule has 0 radical (unpaired) electrons. The van der Waals surface area contributed by atoms with Crippen LogP contribution in [0.4, 0.5) is 0 Å². The molecule has 0 aromatic heterocycles. The summed E-state index contributed by atoms with van der Waals surface area (Å²) in [7, 11) is 4.20. The smallest absolute Gasteiger partial charge is 0.161 e. The molecule has 0 saturated heterocycles. The lowest BCUT2D eigenvalue weighted by molar-refractivity contribution is 0.171. The van der Waals surface area contributed by atoms with Gasteiger partial charge in [0.1, 0.15) is 13.2 Å². The average Bonchev–Trinajstić information content (AvgIpc) is 2.38. The maximum atomic E-state index is 5.56. The van der Waals surface area contributed by atoms with Crippen molar-refractivity contribution < 1.29 is 9.47 Å². The molecule has 1 aliphatic rings. The van der Waals surface area contributed by atoms with Crippen molar-refractivity contribution in [2.75, 3.05) is 40.4 Å². The molecule has 18 heavy (non-hydrogen) atoms. The Balaban J connectivity index is 1.76. The fourth-order valence-electron chi connectivity index (χ4n) is 1.95. The molecule has 1 aromatic rings. The molecule has 1 heterocycles. The van der Waals surface area contributed by atoms with E-state index in [1.165, 1.54) is 5.56 Å². The Hall–Kier alpha value is -1.26. The Morgan fingerprint density at radius 1 is 1.17 bits per heavy atom. The molecule has 4 heteroatoms. The number of benzene rings is 1. The lowest BCUT2D eigenvalue weighted by Gasteiger charge is -2.19. The van der Waals surface area contributed by atoms with Crippen LogP contribution in [0.3, 0.4) is 0 Å². The summed E-state index contributed by atoms with van der Waals surface area (Å²) in [6.45, 7) is 4.33. The largest absolute Gasteiger partial charge is 0.486 e. The summed E-state index contributed by atoms with van der Waals surface area (Å²) >= 11 is 0. The summed E-state index contributed by atoms with van der Waals surface area (Å²) in [5.74, 6) is 1.73. The van der Waals surface area contributed by atoms with Crippen LogP contribution in [0.15, 0.2) is 18.2 Å². The number of nitrogens with one attached hydrogen (secondary N) is 1. The summed E-state index contributed by atoms with van der Waals surface area (Å²) in [5.41, 5.74) is 1.24. The number of hydrogen-bond donors (Lipinski definition) is 1. The van der Waals surface area contributed by atoms with Gasteiger partial charge in [0.15, 0.2) is 11.5 Å². The van der Waals surface area contributed by atoms with Gasteiger partial charge in [-0.15, -0.1) is 0 Å². The second-order valence-electron chi connectivity index (χ2n) is 4.81. The first kappa shape index (κ1) is 13.2. The normalized spacial score (nSPS) is 13.9. The van der Waals surface area contributed by atoms with Crippen molar-refractivity contribution in [3.63, 3.8) is 0 Å². The molecular formula is C14H22N2O2. The van der Waals surface area contributed by atoms with Gasteiger partial charge in [0.05, 0.1) is 0 Å². The lowest BCUT2D eigenvalue weighted by atomic mass is 10.2. The van der Waals surface area contributed by atoms with Crippen LogP contribution >= 0.6 is 0 Å². The zero-order valence-electron chi connectivity index (χ0n) is 11.2. The first-order valence-corrected chi connectivity index (χ1v) is 6.49. The highest BCUT2D eigenvalue weighted by atomic mass is 16.6. The van der Waals surface area contributed by atoms with Gasteiger partial charge in [-0.2, -0.15) is 0 Å². The van der Waals surface area contributed by atoms with Gasteiger partial charge in [-0.3, -0.25) is 0 Å². The number of rotatable bonds is 6. The summed E-state index contributed by atoms with van der Waals surface area (Å²) in [4.78, 5) is 2.20. The van der Waals surface area contributed by atoms with Gasteiger partial charge < -0.3 is 19.7 Å². The fraction of sp³-hybridized carbons (Fsp3) is 0.571. The molecule has 1 N–H and O–H groups in total. The summed E-state index contributed by atoms with van der Waals surface area (Å²) < 4.78 is 11.1. The van der Waals surface area contributed by atoms with E-state index >= 15 is 0 Å². The van der Waals surface area contributed by atoms with Gasteiger partial charge in [-0.05, 0) is 51.3 Å². The highest BCUT2D eigenvalue weighted by molar-refractivity contribution is 5.43. The predicted molar refractivity (Wildman–Crippen MR) is 72.3 cm³/mol. The van der Waals surface area contributed by atoms with Crippen LogP contribution in [-0.4, -0.2) is 45.3 Å². The average molecular weight is 250 g/mol. The van der Waals surface area contributed by atoms with E-state index in [0.717, 1.165) is 37.6 Å². The molecule has 0 spiro atoms. The minimum Gasteiger partial charge on any atom is -0.486 e. The van der Waals surface area contributed by atoms with E-state index in [-0.39, 0.29) is 0 Å². The molecule has 0 bridgehead atoms. The highest BCUT2D eigenvalue weighted by Crippen LogP contribution is 2.30. The first-order chi connectivity index (χ1) is 8.75. The second kappa shape index (κ2) is 6.61. The standard InChI is InChI=1S/C14H22N2O2/c1-16(2)7-3-6-15-11-12-4-5-13-14(10-12)18-9-8-17-13/h4-5,10,15H,3,6-9,11H2,1-2H3. The molecule has 0 saturated carbocycles. The van der Waals surface area contributed by atoms with E-state index in [2.05, 4.69) is 36.4 Å². The fourth-order valence-corrected chi connectivity index (χ4v) is 1.95. The van der Waals surface area contributed by atoms with Crippen LogP contribution in [0.1, 0.15) is 12.0 Å². The summed E-state index contributed by atoms with van der Waals surface area (Å²) in [5, 5.41) is 3.44. The molecule has 1 aliphatic heterocycles. The van der Waals surface area contributed by atoms with Gasteiger partial charge in [0.25, 0.3) is 0 Å². The van der Waals surface area contributed by atoms with Gasteiger partial charge >= 0.3 is 0 Å². The molecule has 4 nitrogen and oxygen atoms in total. The maximum Gasteiger partial charge on any atom is 0.161 e. The SMILES string of the molecule is CN(C)CCCNCc1ccc2c(c1)OCCO2. The van der Waals surface area contributed by atoms with E-state index < -0.39 is 0 Å². The van der Waals surface area contributed by atoms with E-state index in [9.17, 15) is 0 Å². The number of ether oxygens (including phenoxy) is 2. The molecule has 2 rings (SSSR count). The Bertz CT molecular complexity index is 380. The second-order valence-corrected chi connectivity index (χ2v) is 4.81. The highest BCUT2D eigenvalue weighted by Gasteiger charge is 2.11. The van der Waals surface area contributed by atoms with Crippen LogP contribution in [0.5, 0.6) is 11.5 Å². The topological polar surface area (TPSA) is 33.7 Å². The van der Waals surface area contributed by atoms with E-state index in [4.69, 9.17) is 9.47 Å². The van der Waals surface area contributed by atoms with Crippen LogP contribution in [-0.2, 0) is 6.54 Å². The van der Waals surface area contributed by atoms with Crippen molar-refractivity contribution in [2.24, 2.45) is 0 Å². The first-order valence-electron chi connectivity index (χ1n) is 6.49. The maximum absolute atomic E-state index is 5.56. The van der Waals surface area contributed by atoms with Gasteiger partial charge in [-0.1, -0.05) is 6.07 Å². The molecule has 0 fully saturated rings. The summed E-state index contributed by atoms with van der Waals surface area (Å²) in [6.07, 6.45) is 1.16. The van der Waals surface area contributed by atoms with Gasteiger partial charge in [0, 0.05) is 6.54 Å². The molecular weight excluding hydrogens is 228 g/mol. The van der Waals surface area contributed by atoms with Gasteiger partial charge in [0.2, 0.25) is 0 Å². The van der Waals surface area contributed by atoms with Crippen molar-refractivity contribution in [1.29, 1.82) is 0 Å². The van der Waals surface area contributed by atoms with Crippen LogP contribution < -0.4 is 14.8 Å². The van der Waals surface area contributed by atoms with Crippen LogP contribution in [0.25, 0.3) is 0 Å². The van der Waals surface area contributed by atoms with Crippen LogP contribution in [0, 0.1) is 0 Å². The Labute approximate surface area is 109 Å². The Kier molecular flexibility index (Phi) is 4.84. The molecule has 0 atom stereocenters. The third-order valence-electron chi connectivity index (χ3n) is 2.89. The third kappa shape index (κ3) is 3.89. The zero-order valence-corrected chi connectivity index (χ0v) is 11.2. The van der Waals surface area contributed by atoms with Crippen molar-refractivity contribution in [2.45, 2.75) is 13.0 Å². The predicted octanol–water partition coefficient (Wildman–Crippen LogP) is 1.50. The van der Waals surface area contributed by atoms with Crippen molar-refractivity contribution in [1.82, 2.24) is 10.2 Å². The molecule has 100 valence electrons. The molecule has 0 aliphatic carbocycles. The lowest BCUT2D eigenvalue weighted by Crippen LogP contribution is -2.21.